The summed E-state index contributed by atoms with van der Waals surface area (Å²) in [5, 5.41) is 15.4. The molecule has 0 radical (unpaired) electrons. The first-order valence-electron chi connectivity index (χ1n) is 6.45. The summed E-state index contributed by atoms with van der Waals surface area (Å²) in [4.78, 5) is 0. The number of rotatable bonds is 1. The van der Waals surface area contributed by atoms with Crippen LogP contribution in [0.4, 0.5) is 0 Å². The highest BCUT2D eigenvalue weighted by Gasteiger charge is 2.33. The van der Waals surface area contributed by atoms with E-state index in [1.54, 1.807) is 0 Å². The highest BCUT2D eigenvalue weighted by atomic mass is 14.9. The van der Waals surface area contributed by atoms with E-state index in [9.17, 15) is 5.26 Å². The first-order chi connectivity index (χ1) is 8.84. The van der Waals surface area contributed by atoms with Gasteiger partial charge in [0.25, 0.3) is 0 Å². The summed E-state index contributed by atoms with van der Waals surface area (Å²) >= 11 is 0. The highest BCUT2D eigenvalue weighted by molar-refractivity contribution is 5.83. The standard InChI is InChI=1S/C16H16N2/c17-12-16(7-9-18-10-8-16)15-6-5-13-3-1-2-4-14(13)11-15/h1-6,11,18H,7-10H2. The molecular formula is C16H16N2. The third kappa shape index (κ3) is 1.77. The zero-order valence-electron chi connectivity index (χ0n) is 10.3. The summed E-state index contributed by atoms with van der Waals surface area (Å²) < 4.78 is 0. The van der Waals surface area contributed by atoms with Gasteiger partial charge in [0, 0.05) is 0 Å². The second-order valence-electron chi connectivity index (χ2n) is 5.01. The monoisotopic (exact) mass is 236 g/mol. The molecule has 2 aromatic carbocycles. The number of benzene rings is 2. The van der Waals surface area contributed by atoms with Crippen LogP contribution in [0.1, 0.15) is 18.4 Å². The molecule has 1 aliphatic rings. The van der Waals surface area contributed by atoms with Crippen LogP contribution < -0.4 is 5.32 Å². The molecule has 1 saturated heterocycles. The van der Waals surface area contributed by atoms with Gasteiger partial charge in [0.2, 0.25) is 0 Å². The Hall–Kier alpha value is -1.85. The van der Waals surface area contributed by atoms with Crippen molar-refractivity contribution in [3.05, 3.63) is 48.0 Å². The molecule has 0 saturated carbocycles. The van der Waals surface area contributed by atoms with E-state index < -0.39 is 0 Å². The lowest BCUT2D eigenvalue weighted by Crippen LogP contribution is -2.38. The zero-order valence-corrected chi connectivity index (χ0v) is 10.3. The van der Waals surface area contributed by atoms with Crippen LogP contribution in [-0.4, -0.2) is 13.1 Å². The van der Waals surface area contributed by atoms with Crippen LogP contribution in [0.25, 0.3) is 10.8 Å². The van der Waals surface area contributed by atoms with E-state index in [2.05, 4.69) is 41.7 Å². The third-order valence-corrected chi connectivity index (χ3v) is 3.97. The van der Waals surface area contributed by atoms with Crippen molar-refractivity contribution in [2.75, 3.05) is 13.1 Å². The number of nitriles is 1. The Bertz CT molecular complexity index is 604. The molecule has 2 heteroatoms. The molecule has 1 fully saturated rings. The molecule has 0 aromatic heterocycles. The van der Waals surface area contributed by atoms with Crippen molar-refractivity contribution in [3.8, 4) is 6.07 Å². The van der Waals surface area contributed by atoms with Crippen LogP contribution in [0.3, 0.4) is 0 Å². The van der Waals surface area contributed by atoms with E-state index in [1.807, 2.05) is 12.1 Å². The van der Waals surface area contributed by atoms with Gasteiger partial charge in [0.1, 0.15) is 0 Å². The largest absolute Gasteiger partial charge is 0.317 e. The summed E-state index contributed by atoms with van der Waals surface area (Å²) in [6.45, 7) is 1.86. The van der Waals surface area contributed by atoms with Crippen molar-refractivity contribution in [1.82, 2.24) is 5.32 Å². The van der Waals surface area contributed by atoms with Gasteiger partial charge in [-0.25, -0.2) is 0 Å². The molecule has 3 rings (SSSR count). The van der Waals surface area contributed by atoms with E-state index >= 15 is 0 Å². The van der Waals surface area contributed by atoms with Crippen molar-refractivity contribution < 1.29 is 0 Å². The van der Waals surface area contributed by atoms with Gasteiger partial charge in [-0.2, -0.15) is 5.26 Å². The molecule has 2 aromatic rings. The normalized spacial score (nSPS) is 18.4. The molecule has 1 aliphatic heterocycles. The first kappa shape index (κ1) is 11.3. The second-order valence-corrected chi connectivity index (χ2v) is 5.01. The number of hydrogen-bond acceptors (Lipinski definition) is 2. The molecule has 0 atom stereocenters. The topological polar surface area (TPSA) is 35.8 Å². The van der Waals surface area contributed by atoms with Gasteiger partial charge < -0.3 is 5.32 Å². The zero-order chi connectivity index (χ0) is 12.4. The number of hydrogen-bond donors (Lipinski definition) is 1. The number of piperidine rings is 1. The molecule has 0 amide bonds. The van der Waals surface area contributed by atoms with E-state index in [0.717, 1.165) is 25.9 Å². The van der Waals surface area contributed by atoms with Gasteiger partial charge in [0.05, 0.1) is 11.5 Å². The molecule has 0 unspecified atom stereocenters. The minimum atomic E-state index is -0.296. The maximum Gasteiger partial charge on any atom is 0.0846 e. The fourth-order valence-corrected chi connectivity index (χ4v) is 2.81. The predicted octanol–water partition coefficient (Wildman–Crippen LogP) is 2.98. The SMILES string of the molecule is N#CC1(c2ccc3ccccc3c2)CCNCC1. The second kappa shape index (κ2) is 4.44. The van der Waals surface area contributed by atoms with Crippen molar-refractivity contribution >= 4 is 10.8 Å². The van der Waals surface area contributed by atoms with Crippen LogP contribution in [-0.2, 0) is 5.41 Å². The molecule has 1 N–H and O–H groups in total. The van der Waals surface area contributed by atoms with Gasteiger partial charge in [-0.3, -0.25) is 0 Å². The Balaban J connectivity index is 2.10. The lowest BCUT2D eigenvalue weighted by molar-refractivity contribution is 0.383. The Morgan fingerprint density at radius 2 is 1.72 bits per heavy atom. The first-order valence-corrected chi connectivity index (χ1v) is 6.45. The van der Waals surface area contributed by atoms with E-state index in [1.165, 1.54) is 16.3 Å². The van der Waals surface area contributed by atoms with Crippen LogP contribution in [0, 0.1) is 11.3 Å². The summed E-state index contributed by atoms with van der Waals surface area (Å²) in [5.41, 5.74) is 0.875. The van der Waals surface area contributed by atoms with Crippen molar-refractivity contribution in [3.63, 3.8) is 0 Å². The lowest BCUT2D eigenvalue weighted by atomic mass is 9.74. The highest BCUT2D eigenvalue weighted by Crippen LogP contribution is 2.34. The Labute approximate surface area is 107 Å². The molecule has 0 bridgehead atoms. The molecule has 0 spiro atoms. The maximum atomic E-state index is 9.59. The van der Waals surface area contributed by atoms with Crippen molar-refractivity contribution in [1.29, 1.82) is 5.26 Å². The van der Waals surface area contributed by atoms with Crippen LogP contribution >= 0.6 is 0 Å². The molecule has 2 nitrogen and oxygen atoms in total. The minimum absolute atomic E-state index is 0.296. The van der Waals surface area contributed by atoms with Crippen molar-refractivity contribution in [2.24, 2.45) is 0 Å². The molecule has 0 aliphatic carbocycles. The molecule has 1 heterocycles. The fraction of sp³-hybridized carbons (Fsp3) is 0.312. The van der Waals surface area contributed by atoms with Crippen LogP contribution in [0.2, 0.25) is 0 Å². The Kier molecular flexibility index (Phi) is 2.77. The minimum Gasteiger partial charge on any atom is -0.317 e. The van der Waals surface area contributed by atoms with Gasteiger partial charge >= 0.3 is 0 Å². The quantitative estimate of drug-likeness (QED) is 0.826. The maximum absolute atomic E-state index is 9.59. The fourth-order valence-electron chi connectivity index (χ4n) is 2.81. The third-order valence-electron chi connectivity index (χ3n) is 3.97. The van der Waals surface area contributed by atoms with E-state index in [4.69, 9.17) is 0 Å². The number of nitrogens with one attached hydrogen (secondary N) is 1. The number of fused-ring (bicyclic) bond motifs is 1. The van der Waals surface area contributed by atoms with Gasteiger partial charge in [-0.05, 0) is 48.3 Å². The Morgan fingerprint density at radius 1 is 1.00 bits per heavy atom. The molecular weight excluding hydrogens is 220 g/mol. The van der Waals surface area contributed by atoms with E-state index in [0.29, 0.717) is 0 Å². The Morgan fingerprint density at radius 3 is 2.44 bits per heavy atom. The summed E-state index contributed by atoms with van der Waals surface area (Å²) in [7, 11) is 0. The average Bonchev–Trinajstić information content (AvgIpc) is 2.47. The summed E-state index contributed by atoms with van der Waals surface area (Å²) in [5.74, 6) is 0. The van der Waals surface area contributed by atoms with Gasteiger partial charge in [-0.15, -0.1) is 0 Å². The summed E-state index contributed by atoms with van der Waals surface area (Å²) in [6, 6.07) is 17.3. The van der Waals surface area contributed by atoms with Crippen LogP contribution in [0.15, 0.2) is 42.5 Å². The van der Waals surface area contributed by atoms with E-state index in [-0.39, 0.29) is 5.41 Å². The van der Waals surface area contributed by atoms with Crippen LogP contribution in [0.5, 0.6) is 0 Å². The summed E-state index contributed by atoms with van der Waals surface area (Å²) in [6.07, 6.45) is 1.81. The lowest BCUT2D eigenvalue weighted by Gasteiger charge is -2.31. The molecule has 18 heavy (non-hydrogen) atoms. The van der Waals surface area contributed by atoms with Gasteiger partial charge in [-0.1, -0.05) is 36.4 Å². The van der Waals surface area contributed by atoms with Gasteiger partial charge in [0.15, 0.2) is 0 Å². The average molecular weight is 236 g/mol. The predicted molar refractivity (Wildman–Crippen MR) is 73.3 cm³/mol. The molecule has 90 valence electrons. The van der Waals surface area contributed by atoms with Crippen molar-refractivity contribution in [2.45, 2.75) is 18.3 Å². The number of nitrogens with zero attached hydrogens (tertiary/aromatic N) is 1. The smallest absolute Gasteiger partial charge is 0.0846 e.